The average Bonchev–Trinajstić information content (AvgIpc) is 2.48. The lowest BCUT2D eigenvalue weighted by Crippen LogP contribution is -2.28. The number of halogens is 2. The first-order valence-corrected chi connectivity index (χ1v) is 7.86. The standard InChI is InChI=1S/C17H20ClFN2O2/c1-21(2)7-6-20-10-13-15(22)8-11(9-16(13)23)12-4-3-5-14(19)17(12)18/h3-5,10-11,20H,6-9H2,1-2H3. The molecular weight excluding hydrogens is 319 g/mol. The number of likely N-dealkylation sites (N-methyl/N-ethyl adjacent to an activating group) is 1. The summed E-state index contributed by atoms with van der Waals surface area (Å²) in [5.74, 6) is -1.36. The SMILES string of the molecule is CN(C)CCNC=C1C(=O)CC(c2cccc(F)c2Cl)CC1=O. The van der Waals surface area contributed by atoms with Crippen LogP contribution in [0.4, 0.5) is 4.39 Å². The van der Waals surface area contributed by atoms with E-state index in [-0.39, 0.29) is 40.9 Å². The minimum Gasteiger partial charge on any atom is -0.389 e. The third-order valence-corrected chi connectivity index (χ3v) is 4.23. The maximum atomic E-state index is 13.5. The van der Waals surface area contributed by atoms with Gasteiger partial charge in [-0.2, -0.15) is 0 Å². The molecule has 124 valence electrons. The molecule has 1 aliphatic carbocycles. The second kappa shape index (κ2) is 7.70. The first kappa shape index (κ1) is 17.6. The normalized spacial score (nSPS) is 18.5. The first-order chi connectivity index (χ1) is 10.9. The molecule has 0 aromatic heterocycles. The van der Waals surface area contributed by atoms with Crippen molar-refractivity contribution in [3.8, 4) is 0 Å². The van der Waals surface area contributed by atoms with Crippen LogP contribution in [-0.2, 0) is 9.59 Å². The maximum Gasteiger partial charge on any atom is 0.168 e. The van der Waals surface area contributed by atoms with Crippen LogP contribution in [0.2, 0.25) is 5.02 Å². The Labute approximate surface area is 140 Å². The Morgan fingerprint density at radius 3 is 2.57 bits per heavy atom. The molecule has 0 aliphatic heterocycles. The second-order valence-corrected chi connectivity index (χ2v) is 6.29. The molecule has 1 aliphatic rings. The summed E-state index contributed by atoms with van der Waals surface area (Å²) in [6, 6.07) is 4.47. The minimum absolute atomic E-state index is 0.00497. The third-order valence-electron chi connectivity index (χ3n) is 3.84. The molecule has 0 bridgehead atoms. The lowest BCUT2D eigenvalue weighted by molar-refractivity contribution is -0.124. The van der Waals surface area contributed by atoms with Crippen molar-refractivity contribution >= 4 is 23.2 Å². The van der Waals surface area contributed by atoms with Crippen molar-refractivity contribution in [2.75, 3.05) is 27.2 Å². The summed E-state index contributed by atoms with van der Waals surface area (Å²) in [7, 11) is 3.89. The van der Waals surface area contributed by atoms with Gasteiger partial charge in [0.2, 0.25) is 0 Å². The molecule has 1 fully saturated rings. The van der Waals surface area contributed by atoms with Gasteiger partial charge in [0.1, 0.15) is 5.82 Å². The van der Waals surface area contributed by atoms with E-state index in [0.29, 0.717) is 12.1 Å². The van der Waals surface area contributed by atoms with Gasteiger partial charge in [-0.3, -0.25) is 9.59 Å². The van der Waals surface area contributed by atoms with Gasteiger partial charge in [0.25, 0.3) is 0 Å². The van der Waals surface area contributed by atoms with Crippen molar-refractivity contribution in [1.29, 1.82) is 0 Å². The van der Waals surface area contributed by atoms with Crippen molar-refractivity contribution in [2.24, 2.45) is 0 Å². The van der Waals surface area contributed by atoms with Crippen LogP contribution >= 0.6 is 11.6 Å². The highest BCUT2D eigenvalue weighted by atomic mass is 35.5. The Kier molecular flexibility index (Phi) is 5.91. The van der Waals surface area contributed by atoms with Crippen LogP contribution in [0.5, 0.6) is 0 Å². The number of carbonyl (C=O) groups is 2. The molecule has 0 amide bonds. The van der Waals surface area contributed by atoms with Crippen molar-refractivity contribution in [3.05, 3.63) is 46.4 Å². The number of rotatable bonds is 5. The van der Waals surface area contributed by atoms with E-state index in [9.17, 15) is 14.0 Å². The molecule has 0 atom stereocenters. The topological polar surface area (TPSA) is 49.4 Å². The van der Waals surface area contributed by atoms with E-state index in [1.165, 1.54) is 12.3 Å². The van der Waals surface area contributed by atoms with E-state index >= 15 is 0 Å². The zero-order valence-corrected chi connectivity index (χ0v) is 14.0. The molecule has 0 saturated heterocycles. The number of benzene rings is 1. The van der Waals surface area contributed by atoms with Gasteiger partial charge in [0.15, 0.2) is 11.6 Å². The molecule has 0 heterocycles. The Balaban J connectivity index is 2.07. The van der Waals surface area contributed by atoms with Gasteiger partial charge >= 0.3 is 0 Å². The summed E-state index contributed by atoms with van der Waals surface area (Å²) >= 11 is 5.96. The summed E-state index contributed by atoms with van der Waals surface area (Å²) in [5.41, 5.74) is 0.709. The number of hydrogen-bond donors (Lipinski definition) is 1. The monoisotopic (exact) mass is 338 g/mol. The number of hydrogen-bond acceptors (Lipinski definition) is 4. The van der Waals surface area contributed by atoms with Crippen LogP contribution in [0.1, 0.15) is 24.3 Å². The predicted octanol–water partition coefficient (Wildman–Crippen LogP) is 2.53. The number of nitrogens with one attached hydrogen (secondary N) is 1. The highest BCUT2D eigenvalue weighted by Gasteiger charge is 2.32. The number of nitrogens with zero attached hydrogens (tertiary/aromatic N) is 1. The van der Waals surface area contributed by atoms with E-state index < -0.39 is 5.82 Å². The highest BCUT2D eigenvalue weighted by molar-refractivity contribution is 6.31. The minimum atomic E-state index is -0.532. The van der Waals surface area contributed by atoms with Gasteiger partial charge in [-0.25, -0.2) is 4.39 Å². The molecule has 0 spiro atoms. The predicted molar refractivity (Wildman–Crippen MR) is 88.0 cm³/mol. The summed E-state index contributed by atoms with van der Waals surface area (Å²) in [6.07, 6.45) is 1.82. The zero-order chi connectivity index (χ0) is 17.0. The Hall–Kier alpha value is -1.72. The third kappa shape index (κ3) is 4.39. The van der Waals surface area contributed by atoms with Crippen LogP contribution in [0.25, 0.3) is 0 Å². The summed E-state index contributed by atoms with van der Waals surface area (Å²) < 4.78 is 13.5. The lowest BCUT2D eigenvalue weighted by Gasteiger charge is -2.23. The van der Waals surface area contributed by atoms with E-state index in [1.807, 2.05) is 19.0 Å². The average molecular weight is 339 g/mol. The molecular formula is C17H20ClFN2O2. The van der Waals surface area contributed by atoms with Crippen molar-refractivity contribution in [1.82, 2.24) is 10.2 Å². The molecule has 0 radical (unpaired) electrons. The number of allylic oxidation sites excluding steroid dienone is 1. The highest BCUT2D eigenvalue weighted by Crippen LogP contribution is 2.36. The van der Waals surface area contributed by atoms with Gasteiger partial charge < -0.3 is 10.2 Å². The summed E-state index contributed by atoms with van der Waals surface area (Å²) in [6.45, 7) is 1.45. The van der Waals surface area contributed by atoms with Crippen LogP contribution < -0.4 is 5.32 Å². The number of ketones is 2. The largest absolute Gasteiger partial charge is 0.389 e. The van der Waals surface area contributed by atoms with Crippen LogP contribution in [0.15, 0.2) is 30.0 Å². The van der Waals surface area contributed by atoms with Gasteiger partial charge in [0.05, 0.1) is 10.6 Å². The van der Waals surface area contributed by atoms with E-state index in [2.05, 4.69) is 5.32 Å². The molecule has 23 heavy (non-hydrogen) atoms. The fraction of sp³-hybridized carbons (Fsp3) is 0.412. The summed E-state index contributed by atoms with van der Waals surface area (Å²) in [4.78, 5) is 26.5. The molecule has 0 unspecified atom stereocenters. The van der Waals surface area contributed by atoms with Gasteiger partial charge in [-0.05, 0) is 31.6 Å². The van der Waals surface area contributed by atoms with E-state index in [4.69, 9.17) is 11.6 Å². The molecule has 1 N–H and O–H groups in total. The first-order valence-electron chi connectivity index (χ1n) is 7.48. The number of carbonyl (C=O) groups excluding carboxylic acids is 2. The van der Waals surface area contributed by atoms with Gasteiger partial charge in [-0.1, -0.05) is 23.7 Å². The van der Waals surface area contributed by atoms with Crippen LogP contribution in [0, 0.1) is 5.82 Å². The van der Waals surface area contributed by atoms with Crippen LogP contribution in [-0.4, -0.2) is 43.7 Å². The van der Waals surface area contributed by atoms with Crippen LogP contribution in [0.3, 0.4) is 0 Å². The molecule has 1 saturated carbocycles. The van der Waals surface area contributed by atoms with Crippen molar-refractivity contribution in [2.45, 2.75) is 18.8 Å². The quantitative estimate of drug-likeness (QED) is 0.509. The summed E-state index contributed by atoms with van der Waals surface area (Å²) in [5, 5.41) is 2.99. The van der Waals surface area contributed by atoms with E-state index in [0.717, 1.165) is 6.54 Å². The zero-order valence-electron chi connectivity index (χ0n) is 13.2. The Morgan fingerprint density at radius 2 is 1.96 bits per heavy atom. The molecule has 2 rings (SSSR count). The molecule has 1 aromatic rings. The van der Waals surface area contributed by atoms with E-state index in [1.54, 1.807) is 12.1 Å². The van der Waals surface area contributed by atoms with Gasteiger partial charge in [0, 0.05) is 32.1 Å². The van der Waals surface area contributed by atoms with Crippen molar-refractivity contribution in [3.63, 3.8) is 0 Å². The lowest BCUT2D eigenvalue weighted by atomic mass is 9.80. The fourth-order valence-corrected chi connectivity index (χ4v) is 2.85. The molecule has 1 aromatic carbocycles. The number of Topliss-reactive ketones (excluding diaryl/α,β-unsaturated/α-hetero) is 2. The molecule has 4 nitrogen and oxygen atoms in total. The Morgan fingerprint density at radius 1 is 1.30 bits per heavy atom. The second-order valence-electron chi connectivity index (χ2n) is 5.91. The Bertz CT molecular complexity index is 623. The molecule has 6 heteroatoms. The fourth-order valence-electron chi connectivity index (χ4n) is 2.57. The maximum absolute atomic E-state index is 13.5. The van der Waals surface area contributed by atoms with Gasteiger partial charge in [-0.15, -0.1) is 0 Å². The van der Waals surface area contributed by atoms with Crippen molar-refractivity contribution < 1.29 is 14.0 Å². The smallest absolute Gasteiger partial charge is 0.168 e.